The van der Waals surface area contributed by atoms with Crippen molar-refractivity contribution < 1.29 is 49.0 Å². The van der Waals surface area contributed by atoms with Gasteiger partial charge in [0.2, 0.25) is 0 Å². The van der Waals surface area contributed by atoms with Crippen LogP contribution in [-0.2, 0) is 28.1 Å². The fraction of sp³-hybridized carbons (Fsp3) is 0.536. The second kappa shape index (κ2) is 12.4. The van der Waals surface area contributed by atoms with Gasteiger partial charge in [-0.15, -0.1) is 0 Å². The Morgan fingerprint density at radius 2 is 1.50 bits per heavy atom. The number of hydrogen-bond donors (Lipinski definition) is 0. The van der Waals surface area contributed by atoms with E-state index >= 15 is 0 Å². The van der Waals surface area contributed by atoms with Crippen molar-refractivity contribution in [3.05, 3.63) is 70.3 Å². The number of ether oxygens (including phenoxy) is 1. The largest absolute Gasteiger partial charge is 0.466 e. The van der Waals surface area contributed by atoms with Crippen LogP contribution in [0.3, 0.4) is 0 Å². The molecule has 3 nitrogen and oxygen atoms in total. The van der Waals surface area contributed by atoms with Gasteiger partial charge in [-0.3, -0.25) is 9.69 Å². The summed E-state index contributed by atoms with van der Waals surface area (Å²) in [6.45, 7) is 3.59. The molecule has 2 aromatic rings. The minimum Gasteiger partial charge on any atom is -0.466 e. The van der Waals surface area contributed by atoms with Crippen molar-refractivity contribution in [1.29, 1.82) is 0 Å². The highest BCUT2D eigenvalue weighted by Gasteiger charge is 2.42. The molecule has 0 amide bonds. The average molecular weight is 584 g/mol. The zero-order valence-corrected chi connectivity index (χ0v) is 21.9. The molecule has 222 valence electrons. The molecular formula is C28H30F9NO2. The second-order valence-corrected chi connectivity index (χ2v) is 9.87. The maximum absolute atomic E-state index is 14.0. The minimum atomic E-state index is -4.93. The molecule has 0 aromatic heterocycles. The van der Waals surface area contributed by atoms with Crippen molar-refractivity contribution in [3.63, 3.8) is 0 Å². The van der Waals surface area contributed by atoms with E-state index in [9.17, 15) is 44.3 Å². The SMILES string of the molecule is CCCC(c1cc(C(F)(F)F)ccc1C(F)(F)F)N1CC[C@H](CC(=O)OCC)C[C@@H]1c1ccc(C(F)(F)F)cc1. The Balaban J connectivity index is 2.12. The van der Waals surface area contributed by atoms with Gasteiger partial charge in [-0.25, -0.2) is 0 Å². The van der Waals surface area contributed by atoms with Crippen LogP contribution < -0.4 is 0 Å². The fourth-order valence-corrected chi connectivity index (χ4v) is 5.34. The first-order valence-corrected chi connectivity index (χ1v) is 12.9. The number of hydrogen-bond acceptors (Lipinski definition) is 3. The van der Waals surface area contributed by atoms with Gasteiger partial charge in [-0.05, 0) is 80.1 Å². The molecule has 2 aromatic carbocycles. The first kappa shape index (κ1) is 31.8. The first-order valence-electron chi connectivity index (χ1n) is 12.9. The number of piperidine rings is 1. The summed E-state index contributed by atoms with van der Waals surface area (Å²) in [6, 6.07) is 3.68. The molecule has 40 heavy (non-hydrogen) atoms. The van der Waals surface area contributed by atoms with E-state index in [0.29, 0.717) is 36.6 Å². The molecule has 0 N–H and O–H groups in total. The summed E-state index contributed by atoms with van der Waals surface area (Å²) >= 11 is 0. The summed E-state index contributed by atoms with van der Waals surface area (Å²) in [5.41, 5.74) is -3.50. The van der Waals surface area contributed by atoms with E-state index < -0.39 is 58.8 Å². The summed E-state index contributed by atoms with van der Waals surface area (Å²) in [5, 5.41) is 0. The van der Waals surface area contributed by atoms with E-state index in [1.54, 1.807) is 18.7 Å². The first-order chi connectivity index (χ1) is 18.6. The number of esters is 1. The third-order valence-electron chi connectivity index (χ3n) is 7.14. The Labute approximate surface area is 226 Å². The highest BCUT2D eigenvalue weighted by Crippen LogP contribution is 2.47. The van der Waals surface area contributed by atoms with Crippen molar-refractivity contribution in [2.75, 3.05) is 13.2 Å². The summed E-state index contributed by atoms with van der Waals surface area (Å²) in [6.07, 6.45) is -13.5. The molecule has 1 saturated heterocycles. The molecule has 3 atom stereocenters. The molecule has 0 saturated carbocycles. The Morgan fingerprint density at radius 3 is 2.02 bits per heavy atom. The smallest absolute Gasteiger partial charge is 0.416 e. The van der Waals surface area contributed by atoms with Crippen molar-refractivity contribution in [1.82, 2.24) is 4.90 Å². The Kier molecular flexibility index (Phi) is 9.85. The van der Waals surface area contributed by atoms with E-state index in [1.807, 2.05) is 0 Å². The Morgan fingerprint density at radius 1 is 0.900 bits per heavy atom. The van der Waals surface area contributed by atoms with Crippen LogP contribution in [0.4, 0.5) is 39.5 Å². The van der Waals surface area contributed by atoms with E-state index in [2.05, 4.69) is 0 Å². The van der Waals surface area contributed by atoms with Gasteiger partial charge in [-0.1, -0.05) is 25.5 Å². The third kappa shape index (κ3) is 7.70. The number of carbonyl (C=O) groups is 1. The van der Waals surface area contributed by atoms with Gasteiger partial charge < -0.3 is 4.74 Å². The van der Waals surface area contributed by atoms with Crippen LogP contribution >= 0.6 is 0 Å². The number of alkyl halides is 9. The molecule has 1 unspecified atom stereocenters. The van der Waals surface area contributed by atoms with Gasteiger partial charge in [0.1, 0.15) is 0 Å². The Hall–Kier alpha value is -2.76. The lowest BCUT2D eigenvalue weighted by molar-refractivity contribution is -0.145. The maximum Gasteiger partial charge on any atom is 0.416 e. The predicted molar refractivity (Wildman–Crippen MR) is 129 cm³/mol. The molecule has 12 heteroatoms. The highest BCUT2D eigenvalue weighted by atomic mass is 19.4. The lowest BCUT2D eigenvalue weighted by Crippen LogP contribution is -2.40. The van der Waals surface area contributed by atoms with Crippen molar-refractivity contribution in [3.8, 4) is 0 Å². The van der Waals surface area contributed by atoms with Crippen LogP contribution in [0.15, 0.2) is 42.5 Å². The molecule has 1 fully saturated rings. The number of benzene rings is 2. The van der Waals surface area contributed by atoms with Gasteiger partial charge in [0, 0.05) is 18.5 Å². The molecule has 1 aliphatic heterocycles. The van der Waals surface area contributed by atoms with E-state index in [0.717, 1.165) is 12.1 Å². The van der Waals surface area contributed by atoms with Gasteiger partial charge in [-0.2, -0.15) is 39.5 Å². The third-order valence-corrected chi connectivity index (χ3v) is 7.14. The standard InChI is InChI=1S/C28H30F9NO2/c1-3-5-23(21-16-20(27(32,33)34)10-11-22(21)28(35,36)37)38-13-12-17(15-25(39)40-4-2)14-24(38)18-6-8-19(9-7-18)26(29,30)31/h6-11,16-17,23-24H,3-5,12-15H2,1-2H3/t17-,23?,24+/m0/s1. The number of nitrogens with zero attached hydrogens (tertiary/aromatic N) is 1. The fourth-order valence-electron chi connectivity index (χ4n) is 5.34. The molecular weight excluding hydrogens is 553 g/mol. The van der Waals surface area contributed by atoms with Crippen molar-refractivity contribution in [2.45, 2.75) is 76.6 Å². The maximum atomic E-state index is 14.0. The van der Waals surface area contributed by atoms with E-state index in [4.69, 9.17) is 4.74 Å². The van der Waals surface area contributed by atoms with Gasteiger partial charge in [0.05, 0.1) is 23.3 Å². The molecule has 0 radical (unpaired) electrons. The number of halogens is 9. The monoisotopic (exact) mass is 583 g/mol. The summed E-state index contributed by atoms with van der Waals surface area (Å²) in [5.74, 6) is -0.761. The molecule has 1 heterocycles. The highest BCUT2D eigenvalue weighted by molar-refractivity contribution is 5.69. The number of rotatable bonds is 8. The zero-order valence-electron chi connectivity index (χ0n) is 21.9. The van der Waals surface area contributed by atoms with Crippen LogP contribution in [0.2, 0.25) is 0 Å². The molecule has 3 rings (SSSR count). The average Bonchev–Trinajstić information content (AvgIpc) is 2.86. The number of carbonyl (C=O) groups excluding carboxylic acids is 1. The topological polar surface area (TPSA) is 29.5 Å². The summed E-state index contributed by atoms with van der Waals surface area (Å²) < 4.78 is 127. The van der Waals surface area contributed by atoms with E-state index in [1.165, 1.54) is 12.1 Å². The normalized spacial score (nSPS) is 19.9. The molecule has 1 aliphatic rings. The lowest BCUT2D eigenvalue weighted by atomic mass is 9.82. The van der Waals surface area contributed by atoms with E-state index in [-0.39, 0.29) is 38.3 Å². The molecule has 0 bridgehead atoms. The molecule has 0 aliphatic carbocycles. The minimum absolute atomic E-state index is 0.00855. The van der Waals surface area contributed by atoms with Crippen LogP contribution in [0.25, 0.3) is 0 Å². The summed E-state index contributed by atoms with van der Waals surface area (Å²) in [4.78, 5) is 13.8. The second-order valence-electron chi connectivity index (χ2n) is 9.87. The van der Waals surface area contributed by atoms with Gasteiger partial charge >= 0.3 is 24.5 Å². The van der Waals surface area contributed by atoms with Gasteiger partial charge in [0.25, 0.3) is 0 Å². The van der Waals surface area contributed by atoms with Crippen LogP contribution in [0, 0.1) is 5.92 Å². The Bertz CT molecular complexity index is 1140. The molecule has 0 spiro atoms. The number of likely N-dealkylation sites (tertiary alicyclic amines) is 1. The quantitative estimate of drug-likeness (QED) is 0.230. The lowest BCUT2D eigenvalue weighted by Gasteiger charge is -2.45. The van der Waals surface area contributed by atoms with Gasteiger partial charge in [0.15, 0.2) is 0 Å². The summed E-state index contributed by atoms with van der Waals surface area (Å²) in [7, 11) is 0. The predicted octanol–water partition coefficient (Wildman–Crippen LogP) is 8.99. The zero-order chi connectivity index (χ0) is 29.9. The van der Waals surface area contributed by atoms with Crippen LogP contribution in [0.1, 0.15) is 85.9 Å². The van der Waals surface area contributed by atoms with Crippen molar-refractivity contribution >= 4 is 5.97 Å². The van der Waals surface area contributed by atoms with Crippen molar-refractivity contribution in [2.24, 2.45) is 5.92 Å². The van der Waals surface area contributed by atoms with Crippen LogP contribution in [-0.4, -0.2) is 24.0 Å². The van der Waals surface area contributed by atoms with Crippen LogP contribution in [0.5, 0.6) is 0 Å².